The Morgan fingerprint density at radius 2 is 1.88 bits per heavy atom. The van der Waals surface area contributed by atoms with Crippen molar-refractivity contribution in [1.82, 2.24) is 10.3 Å². The standard InChI is InChI=1S/C20H25N3OS/c21-13-9-11-14(12-10-13)22-19(24)15-5-1-2-6-16(15)20-23-17-7-3-4-8-18(17)25-20/h1-4,7-8,13-16H,5-6,9-12,21H2,(H,22,24). The molecule has 2 aromatic rings. The van der Waals surface area contributed by atoms with Crippen LogP contribution in [0, 0.1) is 5.92 Å². The molecule has 0 spiro atoms. The number of amides is 1. The number of nitrogens with one attached hydrogen (secondary N) is 1. The first-order chi connectivity index (χ1) is 12.2. The van der Waals surface area contributed by atoms with Crippen molar-refractivity contribution in [2.75, 3.05) is 0 Å². The van der Waals surface area contributed by atoms with Crippen LogP contribution in [-0.4, -0.2) is 23.0 Å². The van der Waals surface area contributed by atoms with Crippen LogP contribution in [0.5, 0.6) is 0 Å². The van der Waals surface area contributed by atoms with E-state index in [1.165, 1.54) is 4.70 Å². The Morgan fingerprint density at radius 3 is 2.68 bits per heavy atom. The minimum absolute atomic E-state index is 0.0128. The highest BCUT2D eigenvalue weighted by Crippen LogP contribution is 2.38. The summed E-state index contributed by atoms with van der Waals surface area (Å²) >= 11 is 1.73. The van der Waals surface area contributed by atoms with Gasteiger partial charge in [0.15, 0.2) is 0 Å². The number of nitrogens with two attached hydrogens (primary N) is 1. The molecule has 1 saturated carbocycles. The lowest BCUT2D eigenvalue weighted by Gasteiger charge is -2.31. The summed E-state index contributed by atoms with van der Waals surface area (Å²) in [5.74, 6) is 0.364. The van der Waals surface area contributed by atoms with Gasteiger partial charge >= 0.3 is 0 Å². The summed E-state index contributed by atoms with van der Waals surface area (Å²) in [5, 5.41) is 4.38. The first-order valence-electron chi connectivity index (χ1n) is 9.27. The summed E-state index contributed by atoms with van der Waals surface area (Å²) in [6.45, 7) is 0. The SMILES string of the molecule is NC1CCC(NC(=O)C2CC=CCC2c2nc3ccccc3s2)CC1. The Balaban J connectivity index is 1.50. The third kappa shape index (κ3) is 3.62. The number of rotatable bonds is 3. The second-order valence-electron chi connectivity index (χ2n) is 7.30. The number of hydrogen-bond acceptors (Lipinski definition) is 4. The van der Waals surface area contributed by atoms with Crippen molar-refractivity contribution in [3.63, 3.8) is 0 Å². The van der Waals surface area contributed by atoms with Crippen molar-refractivity contribution in [3.05, 3.63) is 41.4 Å². The fourth-order valence-corrected chi connectivity index (χ4v) is 5.14. The lowest BCUT2D eigenvalue weighted by molar-refractivity contribution is -0.126. The zero-order valence-corrected chi connectivity index (χ0v) is 15.2. The van der Waals surface area contributed by atoms with E-state index < -0.39 is 0 Å². The maximum atomic E-state index is 12.9. The molecule has 0 saturated heterocycles. The zero-order chi connectivity index (χ0) is 17.2. The average Bonchev–Trinajstić information content (AvgIpc) is 3.07. The van der Waals surface area contributed by atoms with E-state index in [-0.39, 0.29) is 23.8 Å². The van der Waals surface area contributed by atoms with E-state index in [9.17, 15) is 4.79 Å². The minimum Gasteiger partial charge on any atom is -0.353 e. The fourth-order valence-electron chi connectivity index (χ4n) is 4.00. The highest BCUT2D eigenvalue weighted by molar-refractivity contribution is 7.18. The van der Waals surface area contributed by atoms with Gasteiger partial charge in [-0.15, -0.1) is 11.3 Å². The van der Waals surface area contributed by atoms with Crippen LogP contribution < -0.4 is 11.1 Å². The molecule has 1 heterocycles. The van der Waals surface area contributed by atoms with E-state index in [2.05, 4.69) is 23.5 Å². The molecule has 1 aromatic heterocycles. The minimum atomic E-state index is -0.0128. The molecule has 1 aromatic carbocycles. The summed E-state index contributed by atoms with van der Waals surface area (Å²) in [4.78, 5) is 17.8. The quantitative estimate of drug-likeness (QED) is 0.824. The van der Waals surface area contributed by atoms with Crippen LogP contribution in [0.3, 0.4) is 0 Å². The van der Waals surface area contributed by atoms with Gasteiger partial charge in [0.1, 0.15) is 0 Å². The van der Waals surface area contributed by atoms with Crippen molar-refractivity contribution in [2.45, 2.75) is 56.5 Å². The largest absolute Gasteiger partial charge is 0.353 e. The van der Waals surface area contributed by atoms with Gasteiger partial charge in [0.25, 0.3) is 0 Å². The summed E-state index contributed by atoms with van der Waals surface area (Å²) in [6, 6.07) is 8.81. The van der Waals surface area contributed by atoms with Crippen LogP contribution in [0.4, 0.5) is 0 Å². The van der Waals surface area contributed by atoms with Crippen molar-refractivity contribution in [1.29, 1.82) is 0 Å². The van der Waals surface area contributed by atoms with Gasteiger partial charge in [0, 0.05) is 18.0 Å². The van der Waals surface area contributed by atoms with E-state index in [1.54, 1.807) is 11.3 Å². The molecule has 2 aliphatic carbocycles. The number of allylic oxidation sites excluding steroid dienone is 2. The molecule has 5 heteroatoms. The van der Waals surface area contributed by atoms with E-state index >= 15 is 0 Å². The van der Waals surface area contributed by atoms with E-state index in [1.807, 2.05) is 18.2 Å². The molecular formula is C20H25N3OS. The maximum absolute atomic E-state index is 12.9. The summed E-state index contributed by atoms with van der Waals surface area (Å²) in [6.07, 6.45) is 10.1. The molecule has 1 amide bonds. The van der Waals surface area contributed by atoms with Gasteiger partial charge in [-0.05, 0) is 50.7 Å². The number of thiazole rings is 1. The van der Waals surface area contributed by atoms with E-state index in [0.29, 0.717) is 6.04 Å². The average molecular weight is 356 g/mol. The number of aromatic nitrogens is 1. The first-order valence-corrected chi connectivity index (χ1v) is 10.1. The number of fused-ring (bicyclic) bond motifs is 1. The smallest absolute Gasteiger partial charge is 0.224 e. The number of hydrogen-bond donors (Lipinski definition) is 2. The number of nitrogens with zero attached hydrogens (tertiary/aromatic N) is 1. The van der Waals surface area contributed by atoms with Gasteiger partial charge in [0.05, 0.1) is 21.1 Å². The van der Waals surface area contributed by atoms with Crippen LogP contribution in [0.15, 0.2) is 36.4 Å². The van der Waals surface area contributed by atoms with Crippen LogP contribution in [0.25, 0.3) is 10.2 Å². The Hall–Kier alpha value is -1.72. The fraction of sp³-hybridized carbons (Fsp3) is 0.500. The predicted molar refractivity (Wildman–Crippen MR) is 103 cm³/mol. The number of carbonyl (C=O) groups is 1. The lowest BCUT2D eigenvalue weighted by Crippen LogP contribution is -2.44. The van der Waals surface area contributed by atoms with Gasteiger partial charge in [-0.2, -0.15) is 0 Å². The molecule has 2 unspecified atom stereocenters. The molecule has 0 aliphatic heterocycles. The molecule has 4 nitrogen and oxygen atoms in total. The molecule has 3 N–H and O–H groups in total. The third-order valence-electron chi connectivity index (χ3n) is 5.52. The van der Waals surface area contributed by atoms with Crippen molar-refractivity contribution in [3.8, 4) is 0 Å². The van der Waals surface area contributed by atoms with Crippen LogP contribution in [0.1, 0.15) is 49.5 Å². The Morgan fingerprint density at radius 1 is 1.12 bits per heavy atom. The van der Waals surface area contributed by atoms with Crippen LogP contribution in [0.2, 0.25) is 0 Å². The monoisotopic (exact) mass is 355 g/mol. The van der Waals surface area contributed by atoms with Gasteiger partial charge in [0.2, 0.25) is 5.91 Å². The van der Waals surface area contributed by atoms with Crippen molar-refractivity contribution < 1.29 is 4.79 Å². The topological polar surface area (TPSA) is 68.0 Å². The van der Waals surface area contributed by atoms with Gasteiger partial charge in [-0.25, -0.2) is 4.98 Å². The van der Waals surface area contributed by atoms with Crippen LogP contribution >= 0.6 is 11.3 Å². The molecule has 2 aliphatic rings. The summed E-state index contributed by atoms with van der Waals surface area (Å²) in [5.41, 5.74) is 7.02. The maximum Gasteiger partial charge on any atom is 0.224 e. The Labute approximate surface area is 152 Å². The van der Waals surface area contributed by atoms with Gasteiger partial charge < -0.3 is 11.1 Å². The molecule has 2 atom stereocenters. The summed E-state index contributed by atoms with van der Waals surface area (Å²) in [7, 11) is 0. The third-order valence-corrected chi connectivity index (χ3v) is 6.68. The number of carbonyl (C=O) groups excluding carboxylic acids is 1. The second-order valence-corrected chi connectivity index (χ2v) is 8.36. The highest BCUT2D eigenvalue weighted by atomic mass is 32.1. The molecule has 25 heavy (non-hydrogen) atoms. The summed E-state index contributed by atoms with van der Waals surface area (Å²) < 4.78 is 1.20. The van der Waals surface area contributed by atoms with Crippen LogP contribution in [-0.2, 0) is 4.79 Å². The van der Waals surface area contributed by atoms with Gasteiger partial charge in [-0.1, -0.05) is 24.3 Å². The molecule has 4 rings (SSSR count). The van der Waals surface area contributed by atoms with E-state index in [0.717, 1.165) is 49.0 Å². The highest BCUT2D eigenvalue weighted by Gasteiger charge is 2.33. The number of para-hydroxylation sites is 1. The zero-order valence-electron chi connectivity index (χ0n) is 14.4. The molecule has 1 fully saturated rings. The van der Waals surface area contributed by atoms with E-state index in [4.69, 9.17) is 10.7 Å². The molecule has 0 bridgehead atoms. The predicted octanol–water partition coefficient (Wildman–Crippen LogP) is 3.73. The second kappa shape index (κ2) is 7.26. The first kappa shape index (κ1) is 16.7. The number of benzene rings is 1. The molecule has 132 valence electrons. The molecular weight excluding hydrogens is 330 g/mol. The Bertz CT molecular complexity index is 743. The normalized spacial score (nSPS) is 29.6. The van der Waals surface area contributed by atoms with Crippen molar-refractivity contribution in [2.24, 2.45) is 11.7 Å². The van der Waals surface area contributed by atoms with Crippen molar-refractivity contribution >= 4 is 27.5 Å². The molecule has 0 radical (unpaired) electrons. The Kier molecular flexibility index (Phi) is 4.86. The lowest BCUT2D eigenvalue weighted by atomic mass is 9.82. The van der Waals surface area contributed by atoms with Gasteiger partial charge in [-0.3, -0.25) is 4.79 Å².